The van der Waals surface area contributed by atoms with E-state index < -0.39 is 28.5 Å². The van der Waals surface area contributed by atoms with E-state index in [1.807, 2.05) is 75.4 Å². The molecule has 0 aromatic heterocycles. The van der Waals surface area contributed by atoms with E-state index in [1.54, 1.807) is 36.4 Å². The summed E-state index contributed by atoms with van der Waals surface area (Å²) in [5.74, 6) is -0.790. The van der Waals surface area contributed by atoms with Crippen LogP contribution in [-0.2, 0) is 32.6 Å². The fraction of sp³-hybridized carbons (Fsp3) is 0.278. The molecule has 1 atom stereocenters. The predicted molar refractivity (Wildman–Crippen MR) is 181 cm³/mol. The van der Waals surface area contributed by atoms with Gasteiger partial charge in [-0.2, -0.15) is 0 Å². The van der Waals surface area contributed by atoms with Crippen molar-refractivity contribution in [1.29, 1.82) is 0 Å². The Kier molecular flexibility index (Phi) is 11.8. The van der Waals surface area contributed by atoms with Gasteiger partial charge in [-0.1, -0.05) is 103 Å². The molecule has 0 heterocycles. The molecule has 7 nitrogen and oxygen atoms in total. The second-order valence-electron chi connectivity index (χ2n) is 11.2. The fourth-order valence-electron chi connectivity index (χ4n) is 5.04. The van der Waals surface area contributed by atoms with Crippen molar-refractivity contribution < 1.29 is 18.0 Å². The fourth-order valence-corrected chi connectivity index (χ4v) is 6.58. The van der Waals surface area contributed by atoms with E-state index in [0.29, 0.717) is 11.6 Å². The number of carbonyl (C=O) groups is 2. The Morgan fingerprint density at radius 1 is 0.822 bits per heavy atom. The summed E-state index contributed by atoms with van der Waals surface area (Å²) in [5.41, 5.74) is 3.93. The summed E-state index contributed by atoms with van der Waals surface area (Å²) in [4.78, 5) is 29.9. The van der Waals surface area contributed by atoms with Gasteiger partial charge in [-0.3, -0.25) is 13.9 Å². The minimum Gasteiger partial charge on any atom is -0.354 e. The third-order valence-electron chi connectivity index (χ3n) is 7.54. The zero-order valence-electron chi connectivity index (χ0n) is 25.9. The van der Waals surface area contributed by atoms with Gasteiger partial charge in [-0.25, -0.2) is 8.42 Å². The summed E-state index contributed by atoms with van der Waals surface area (Å²) in [5, 5.41) is 3.45. The van der Waals surface area contributed by atoms with Gasteiger partial charge < -0.3 is 10.2 Å². The molecule has 0 saturated heterocycles. The van der Waals surface area contributed by atoms with Crippen LogP contribution >= 0.6 is 11.6 Å². The van der Waals surface area contributed by atoms with Gasteiger partial charge in [0.1, 0.15) is 12.6 Å². The standard InChI is InChI=1S/C36H40ClN3O4S/c1-4-5-22-38-36(42)34(24-29-11-7-6-8-12-29)39(25-30-13-9-10-28(3)23-30)35(41)26-40(32-18-16-31(37)17-19-32)45(43,44)33-20-14-27(2)15-21-33/h6-21,23,34H,4-5,22,24-26H2,1-3H3,(H,38,42). The number of halogens is 1. The smallest absolute Gasteiger partial charge is 0.264 e. The number of hydrogen-bond acceptors (Lipinski definition) is 4. The zero-order valence-corrected chi connectivity index (χ0v) is 27.5. The minimum atomic E-state index is -4.17. The number of nitrogens with one attached hydrogen (secondary N) is 1. The molecule has 0 bridgehead atoms. The molecule has 0 spiro atoms. The van der Waals surface area contributed by atoms with Crippen molar-refractivity contribution in [3.8, 4) is 0 Å². The lowest BCUT2D eigenvalue weighted by Gasteiger charge is -2.34. The Balaban J connectivity index is 1.78. The summed E-state index contributed by atoms with van der Waals surface area (Å²) in [6.07, 6.45) is 1.97. The molecule has 9 heteroatoms. The van der Waals surface area contributed by atoms with Crippen molar-refractivity contribution in [2.45, 2.75) is 57.5 Å². The Morgan fingerprint density at radius 2 is 1.49 bits per heavy atom. The molecule has 45 heavy (non-hydrogen) atoms. The molecule has 4 rings (SSSR count). The van der Waals surface area contributed by atoms with Crippen molar-refractivity contribution in [2.24, 2.45) is 0 Å². The monoisotopic (exact) mass is 645 g/mol. The van der Waals surface area contributed by atoms with Crippen molar-refractivity contribution >= 4 is 39.1 Å². The summed E-state index contributed by atoms with van der Waals surface area (Å²) in [6.45, 7) is 5.96. The van der Waals surface area contributed by atoms with Crippen LogP contribution in [0.25, 0.3) is 0 Å². The molecular formula is C36H40ClN3O4S. The Bertz CT molecular complexity index is 1680. The first-order valence-corrected chi connectivity index (χ1v) is 16.9. The number of unbranched alkanes of at least 4 members (excludes halogenated alkanes) is 1. The minimum absolute atomic E-state index is 0.0548. The average molecular weight is 646 g/mol. The number of benzene rings is 4. The lowest BCUT2D eigenvalue weighted by Crippen LogP contribution is -2.53. The molecule has 0 aliphatic rings. The van der Waals surface area contributed by atoms with Crippen LogP contribution in [-0.4, -0.2) is 44.3 Å². The molecule has 1 unspecified atom stereocenters. The molecule has 4 aromatic carbocycles. The molecule has 1 N–H and O–H groups in total. The summed E-state index contributed by atoms with van der Waals surface area (Å²) in [7, 11) is -4.17. The van der Waals surface area contributed by atoms with E-state index in [9.17, 15) is 18.0 Å². The summed E-state index contributed by atoms with van der Waals surface area (Å²) < 4.78 is 29.3. The van der Waals surface area contributed by atoms with Crippen LogP contribution in [0.4, 0.5) is 5.69 Å². The molecule has 0 radical (unpaired) electrons. The number of hydrogen-bond donors (Lipinski definition) is 1. The maximum absolute atomic E-state index is 14.5. The van der Waals surface area contributed by atoms with Crippen molar-refractivity contribution in [1.82, 2.24) is 10.2 Å². The van der Waals surface area contributed by atoms with Gasteiger partial charge in [0.05, 0.1) is 10.6 Å². The van der Waals surface area contributed by atoms with Gasteiger partial charge in [-0.15, -0.1) is 0 Å². The maximum Gasteiger partial charge on any atom is 0.264 e. The van der Waals surface area contributed by atoms with E-state index in [2.05, 4.69) is 5.32 Å². The van der Waals surface area contributed by atoms with Gasteiger partial charge in [0.2, 0.25) is 11.8 Å². The number of rotatable bonds is 14. The van der Waals surface area contributed by atoms with E-state index >= 15 is 0 Å². The Labute approximate surface area is 271 Å². The van der Waals surface area contributed by atoms with Crippen LogP contribution in [0, 0.1) is 13.8 Å². The average Bonchev–Trinajstić information content (AvgIpc) is 3.02. The molecule has 4 aromatic rings. The Hall–Kier alpha value is -4.14. The molecule has 0 saturated carbocycles. The lowest BCUT2D eigenvalue weighted by atomic mass is 10.0. The second-order valence-corrected chi connectivity index (χ2v) is 13.5. The first kappa shape index (κ1) is 33.7. The quantitative estimate of drug-likeness (QED) is 0.155. The van der Waals surface area contributed by atoms with E-state index in [4.69, 9.17) is 11.6 Å². The van der Waals surface area contributed by atoms with Gasteiger partial charge in [0, 0.05) is 24.5 Å². The number of aryl methyl sites for hydroxylation is 2. The topological polar surface area (TPSA) is 86.8 Å². The van der Waals surface area contributed by atoms with Crippen molar-refractivity contribution in [3.05, 3.63) is 130 Å². The first-order valence-electron chi connectivity index (χ1n) is 15.1. The number of nitrogens with zero attached hydrogens (tertiary/aromatic N) is 2. The molecule has 236 valence electrons. The highest BCUT2D eigenvalue weighted by molar-refractivity contribution is 7.92. The normalized spacial score (nSPS) is 11.9. The highest BCUT2D eigenvalue weighted by Crippen LogP contribution is 2.27. The highest BCUT2D eigenvalue weighted by atomic mass is 35.5. The van der Waals surface area contributed by atoms with Crippen LogP contribution in [0.2, 0.25) is 5.02 Å². The number of amides is 2. The number of sulfonamides is 1. The number of anilines is 1. The third-order valence-corrected chi connectivity index (χ3v) is 9.58. The summed E-state index contributed by atoms with van der Waals surface area (Å²) >= 11 is 6.14. The van der Waals surface area contributed by atoms with Crippen LogP contribution in [0.3, 0.4) is 0 Å². The predicted octanol–water partition coefficient (Wildman–Crippen LogP) is 6.71. The van der Waals surface area contributed by atoms with Gasteiger partial charge >= 0.3 is 0 Å². The van der Waals surface area contributed by atoms with E-state index in [1.165, 1.54) is 17.0 Å². The van der Waals surface area contributed by atoms with Crippen LogP contribution in [0.15, 0.2) is 108 Å². The maximum atomic E-state index is 14.5. The Morgan fingerprint density at radius 3 is 2.13 bits per heavy atom. The molecular weight excluding hydrogens is 606 g/mol. The third kappa shape index (κ3) is 9.19. The van der Waals surface area contributed by atoms with Crippen LogP contribution in [0.5, 0.6) is 0 Å². The van der Waals surface area contributed by atoms with E-state index in [-0.39, 0.29) is 29.5 Å². The number of carbonyl (C=O) groups excluding carboxylic acids is 2. The molecule has 0 aliphatic carbocycles. The zero-order chi connectivity index (χ0) is 32.4. The van der Waals surface area contributed by atoms with Crippen molar-refractivity contribution in [2.75, 3.05) is 17.4 Å². The summed E-state index contributed by atoms with van der Waals surface area (Å²) in [6, 6.07) is 29.2. The molecule has 0 aliphatic heterocycles. The van der Waals surface area contributed by atoms with Crippen LogP contribution < -0.4 is 9.62 Å². The largest absolute Gasteiger partial charge is 0.354 e. The van der Waals surface area contributed by atoms with Gasteiger partial charge in [0.25, 0.3) is 10.0 Å². The van der Waals surface area contributed by atoms with E-state index in [0.717, 1.165) is 39.4 Å². The molecule has 0 fully saturated rings. The van der Waals surface area contributed by atoms with Gasteiger partial charge in [0.15, 0.2) is 0 Å². The lowest BCUT2D eigenvalue weighted by molar-refractivity contribution is -0.140. The first-order chi connectivity index (χ1) is 21.6. The van der Waals surface area contributed by atoms with Crippen molar-refractivity contribution in [3.63, 3.8) is 0 Å². The second kappa shape index (κ2) is 15.7. The van der Waals surface area contributed by atoms with Crippen LogP contribution in [0.1, 0.15) is 42.0 Å². The van der Waals surface area contributed by atoms with Gasteiger partial charge in [-0.05, 0) is 67.8 Å². The highest BCUT2D eigenvalue weighted by Gasteiger charge is 2.34. The SMILES string of the molecule is CCCCNC(=O)C(Cc1ccccc1)N(Cc1cccc(C)c1)C(=O)CN(c1ccc(Cl)cc1)S(=O)(=O)c1ccc(C)cc1. The molecule has 2 amide bonds.